The average Bonchev–Trinajstić information content (AvgIpc) is 3.09. The number of aliphatic imine (C=N–C) groups is 2. The van der Waals surface area contributed by atoms with Crippen LogP contribution in [0.25, 0.3) is 0 Å². The molecule has 1 fully saturated rings. The molecule has 0 atom stereocenters. The molecule has 0 bridgehead atoms. The fraction of sp³-hybridized carbons (Fsp3) is 0.500. The van der Waals surface area contributed by atoms with Crippen LogP contribution in [0.2, 0.25) is 0 Å². The highest BCUT2D eigenvalue weighted by Gasteiger charge is 2.32. The third-order valence-electron chi connectivity index (χ3n) is 5.18. The van der Waals surface area contributed by atoms with Crippen LogP contribution in [0.5, 0.6) is 0 Å². The molecule has 0 radical (unpaired) electrons. The van der Waals surface area contributed by atoms with E-state index in [-0.39, 0.29) is 0 Å². The van der Waals surface area contributed by atoms with Crippen molar-refractivity contribution in [3.05, 3.63) is 36.7 Å². The van der Waals surface area contributed by atoms with Crippen LogP contribution in [0.4, 0.5) is 5.69 Å². The summed E-state index contributed by atoms with van der Waals surface area (Å²) in [6.07, 6.45) is 13.7. The normalized spacial score (nSPS) is 25.1. The SMILES string of the molecule is CNc1cccc(SC2=N/C=C/NCCC3(CCCC3)CC/N=C\2)c1. The van der Waals surface area contributed by atoms with Gasteiger partial charge in [-0.15, -0.1) is 0 Å². The van der Waals surface area contributed by atoms with Crippen LogP contribution in [-0.2, 0) is 0 Å². The van der Waals surface area contributed by atoms with Gasteiger partial charge in [-0.05, 0) is 49.3 Å². The van der Waals surface area contributed by atoms with Gasteiger partial charge >= 0.3 is 0 Å². The van der Waals surface area contributed by atoms with E-state index in [9.17, 15) is 0 Å². The van der Waals surface area contributed by atoms with Gasteiger partial charge in [0.05, 0.1) is 6.21 Å². The first kappa shape index (κ1) is 18.1. The quantitative estimate of drug-likeness (QED) is 0.807. The molecule has 3 rings (SSSR count). The van der Waals surface area contributed by atoms with E-state index in [1.54, 1.807) is 11.8 Å². The fourth-order valence-electron chi connectivity index (χ4n) is 3.70. The molecule has 25 heavy (non-hydrogen) atoms. The van der Waals surface area contributed by atoms with E-state index in [1.807, 2.05) is 25.7 Å². The lowest BCUT2D eigenvalue weighted by atomic mass is 9.79. The van der Waals surface area contributed by atoms with Crippen molar-refractivity contribution in [1.82, 2.24) is 5.32 Å². The highest BCUT2D eigenvalue weighted by Crippen LogP contribution is 2.43. The summed E-state index contributed by atoms with van der Waals surface area (Å²) in [5.41, 5.74) is 1.61. The molecule has 1 heterocycles. The number of hydrogen-bond acceptors (Lipinski definition) is 5. The molecule has 1 aliphatic carbocycles. The first-order chi connectivity index (χ1) is 12.3. The van der Waals surface area contributed by atoms with Crippen LogP contribution in [0.15, 0.2) is 51.5 Å². The maximum atomic E-state index is 4.70. The molecule has 4 nitrogen and oxygen atoms in total. The van der Waals surface area contributed by atoms with Gasteiger partial charge in [-0.3, -0.25) is 4.99 Å². The zero-order valence-corrected chi connectivity index (χ0v) is 15.8. The van der Waals surface area contributed by atoms with E-state index in [1.165, 1.54) is 38.5 Å². The van der Waals surface area contributed by atoms with Crippen LogP contribution < -0.4 is 10.6 Å². The second kappa shape index (κ2) is 9.09. The standard InChI is InChI=1S/C20H28N4S/c1-21-17-5-4-6-18(15-17)25-19-16-23-12-10-20(7-2-3-8-20)9-11-22-13-14-24-19/h4-6,13-16,21-22H,2-3,7-12H2,1H3/b14-13+,23-16-,24-19+. The number of thioether (sulfide) groups is 1. The molecule has 0 aromatic heterocycles. The third-order valence-corrected chi connectivity index (χ3v) is 6.09. The van der Waals surface area contributed by atoms with E-state index in [2.05, 4.69) is 39.9 Å². The Morgan fingerprint density at radius 3 is 2.88 bits per heavy atom. The largest absolute Gasteiger partial charge is 0.390 e. The van der Waals surface area contributed by atoms with Crippen molar-refractivity contribution in [2.75, 3.05) is 25.5 Å². The number of rotatable bonds is 2. The van der Waals surface area contributed by atoms with Gasteiger partial charge in [-0.1, -0.05) is 30.7 Å². The van der Waals surface area contributed by atoms with Crippen molar-refractivity contribution >= 4 is 28.7 Å². The first-order valence-corrected chi connectivity index (χ1v) is 10.0. The second-order valence-corrected chi connectivity index (χ2v) is 7.95. The number of nitrogens with one attached hydrogen (secondary N) is 2. The number of nitrogens with zero attached hydrogens (tertiary/aromatic N) is 2. The number of benzene rings is 1. The molecule has 5 heteroatoms. The van der Waals surface area contributed by atoms with Crippen molar-refractivity contribution in [3.63, 3.8) is 0 Å². The molecule has 2 aliphatic rings. The topological polar surface area (TPSA) is 48.8 Å². The summed E-state index contributed by atoms with van der Waals surface area (Å²) >= 11 is 1.65. The second-order valence-electron chi connectivity index (χ2n) is 6.86. The average molecular weight is 357 g/mol. The molecule has 134 valence electrons. The summed E-state index contributed by atoms with van der Waals surface area (Å²) in [5, 5.41) is 7.51. The Labute approximate surface area is 155 Å². The van der Waals surface area contributed by atoms with Crippen molar-refractivity contribution in [3.8, 4) is 0 Å². The predicted octanol–water partition coefficient (Wildman–Crippen LogP) is 4.70. The molecule has 1 saturated carbocycles. The molecule has 1 spiro atoms. The lowest BCUT2D eigenvalue weighted by molar-refractivity contribution is 0.253. The van der Waals surface area contributed by atoms with E-state index in [4.69, 9.17) is 4.99 Å². The highest BCUT2D eigenvalue weighted by molar-refractivity contribution is 8.15. The zero-order valence-electron chi connectivity index (χ0n) is 15.0. The minimum absolute atomic E-state index is 0.503. The van der Waals surface area contributed by atoms with Crippen LogP contribution in [0.1, 0.15) is 38.5 Å². The molecule has 1 aliphatic heterocycles. The lowest BCUT2D eigenvalue weighted by Gasteiger charge is -2.28. The number of anilines is 1. The summed E-state index contributed by atoms with van der Waals surface area (Å²) in [7, 11) is 1.94. The maximum Gasteiger partial charge on any atom is 0.119 e. The summed E-state index contributed by atoms with van der Waals surface area (Å²) in [5.74, 6) is 0. The van der Waals surface area contributed by atoms with Gasteiger partial charge in [-0.2, -0.15) is 0 Å². The summed E-state index contributed by atoms with van der Waals surface area (Å²) in [6.45, 7) is 1.93. The Balaban J connectivity index is 1.69. The molecular formula is C20H28N4S. The Bertz CT molecular complexity index is 645. The Hall–Kier alpha value is -1.75. The Morgan fingerprint density at radius 2 is 2.04 bits per heavy atom. The maximum absolute atomic E-state index is 4.70. The first-order valence-electron chi connectivity index (χ1n) is 9.21. The highest BCUT2D eigenvalue weighted by atomic mass is 32.2. The van der Waals surface area contributed by atoms with Crippen molar-refractivity contribution < 1.29 is 0 Å². The minimum atomic E-state index is 0.503. The lowest BCUT2D eigenvalue weighted by Crippen LogP contribution is -2.23. The Morgan fingerprint density at radius 1 is 1.16 bits per heavy atom. The van der Waals surface area contributed by atoms with Gasteiger partial charge in [0.25, 0.3) is 0 Å². The smallest absolute Gasteiger partial charge is 0.119 e. The third kappa shape index (κ3) is 5.36. The Kier molecular flexibility index (Phi) is 6.56. The van der Waals surface area contributed by atoms with E-state index in [0.717, 1.165) is 28.7 Å². The van der Waals surface area contributed by atoms with Crippen molar-refractivity contribution in [2.45, 2.75) is 43.4 Å². The van der Waals surface area contributed by atoms with Crippen LogP contribution in [0, 0.1) is 5.41 Å². The van der Waals surface area contributed by atoms with Crippen molar-refractivity contribution in [2.24, 2.45) is 15.4 Å². The molecule has 0 amide bonds. The van der Waals surface area contributed by atoms with Crippen LogP contribution >= 0.6 is 11.8 Å². The fourth-order valence-corrected chi connectivity index (χ4v) is 4.52. The summed E-state index contributed by atoms with van der Waals surface area (Å²) in [4.78, 5) is 10.4. The minimum Gasteiger partial charge on any atom is -0.390 e. The van der Waals surface area contributed by atoms with Crippen molar-refractivity contribution in [1.29, 1.82) is 0 Å². The van der Waals surface area contributed by atoms with E-state index < -0.39 is 0 Å². The molecule has 2 N–H and O–H groups in total. The van der Waals surface area contributed by atoms with E-state index >= 15 is 0 Å². The molecule has 0 saturated heterocycles. The van der Waals surface area contributed by atoms with E-state index in [0.29, 0.717) is 5.41 Å². The molecule has 0 unspecified atom stereocenters. The van der Waals surface area contributed by atoms with Crippen LogP contribution in [-0.4, -0.2) is 31.4 Å². The van der Waals surface area contributed by atoms with Gasteiger partial charge in [-0.25, -0.2) is 4.99 Å². The van der Waals surface area contributed by atoms with Gasteiger partial charge in [0, 0.05) is 43.1 Å². The number of hydrogen-bond donors (Lipinski definition) is 2. The monoisotopic (exact) mass is 356 g/mol. The summed E-state index contributed by atoms with van der Waals surface area (Å²) in [6, 6.07) is 8.36. The molecule has 1 aromatic carbocycles. The summed E-state index contributed by atoms with van der Waals surface area (Å²) < 4.78 is 0. The van der Waals surface area contributed by atoms with Gasteiger partial charge < -0.3 is 10.6 Å². The predicted molar refractivity (Wildman–Crippen MR) is 110 cm³/mol. The zero-order chi connectivity index (χ0) is 17.4. The van der Waals surface area contributed by atoms with Gasteiger partial charge in [0.2, 0.25) is 0 Å². The molecule has 1 aromatic rings. The molecular weight excluding hydrogens is 328 g/mol. The van der Waals surface area contributed by atoms with Crippen LogP contribution in [0.3, 0.4) is 0 Å². The van der Waals surface area contributed by atoms with Gasteiger partial charge in [0.1, 0.15) is 5.04 Å². The van der Waals surface area contributed by atoms with Gasteiger partial charge in [0.15, 0.2) is 0 Å².